The van der Waals surface area contributed by atoms with Gasteiger partial charge in [0.25, 0.3) is 5.92 Å². The summed E-state index contributed by atoms with van der Waals surface area (Å²) in [5.41, 5.74) is 0.408. The molecule has 0 saturated heterocycles. The highest BCUT2D eigenvalue weighted by molar-refractivity contribution is 6.31. The zero-order valence-corrected chi connectivity index (χ0v) is 10.3. The molecule has 0 spiro atoms. The number of ether oxygens (including phenoxy) is 1. The number of halogens is 3. The number of fused-ring (bicyclic) bond motifs is 1. The average Bonchev–Trinajstić information content (AvgIpc) is 2.27. The molecule has 1 aliphatic heterocycles. The van der Waals surface area contributed by atoms with E-state index in [1.165, 1.54) is 6.92 Å². The first-order valence-corrected chi connectivity index (χ1v) is 5.69. The van der Waals surface area contributed by atoms with E-state index in [9.17, 15) is 8.78 Å². The second kappa shape index (κ2) is 5.00. The summed E-state index contributed by atoms with van der Waals surface area (Å²) < 4.78 is 31.5. The van der Waals surface area contributed by atoms with Gasteiger partial charge in [-0.3, -0.25) is 0 Å². The van der Waals surface area contributed by atoms with Gasteiger partial charge in [-0.15, -0.1) is 0 Å². The molecule has 1 aromatic rings. The van der Waals surface area contributed by atoms with Crippen molar-refractivity contribution in [3.8, 4) is 5.75 Å². The number of alkyl halides is 2. The fraction of sp³-hybridized carbons (Fsp3) is 0.500. The topological polar surface area (TPSA) is 9.23 Å². The average molecular weight is 249 g/mol. The third-order valence-electron chi connectivity index (χ3n) is 2.50. The molecule has 0 saturated carbocycles. The smallest absolute Gasteiger partial charge is 0.288 e. The molecular formula is C12H15ClF2O. The lowest BCUT2D eigenvalue weighted by atomic mass is 9.92. The van der Waals surface area contributed by atoms with Crippen LogP contribution >= 0.6 is 11.6 Å². The lowest BCUT2D eigenvalue weighted by molar-refractivity contribution is -0.0722. The van der Waals surface area contributed by atoms with Crippen molar-refractivity contribution < 1.29 is 13.5 Å². The van der Waals surface area contributed by atoms with E-state index in [1.54, 1.807) is 18.2 Å². The second-order valence-electron chi connectivity index (χ2n) is 3.42. The quantitative estimate of drug-likeness (QED) is 0.657. The number of rotatable bonds is 0. The van der Waals surface area contributed by atoms with E-state index < -0.39 is 18.4 Å². The Kier molecular flexibility index (Phi) is 4.14. The highest BCUT2D eigenvalue weighted by Crippen LogP contribution is 2.45. The normalized spacial score (nSPS) is 21.2. The molecular weight excluding hydrogens is 234 g/mol. The molecule has 90 valence electrons. The number of benzene rings is 1. The van der Waals surface area contributed by atoms with Crippen molar-refractivity contribution in [2.75, 3.05) is 6.61 Å². The molecule has 0 aliphatic carbocycles. The minimum atomic E-state index is -2.84. The third-order valence-corrected chi connectivity index (χ3v) is 2.83. The Hall–Kier alpha value is -0.830. The van der Waals surface area contributed by atoms with Crippen molar-refractivity contribution in [2.24, 2.45) is 0 Å². The van der Waals surface area contributed by atoms with Crippen LogP contribution in [0.3, 0.4) is 0 Å². The third kappa shape index (κ3) is 2.29. The Labute approximate surface area is 99.4 Å². The van der Waals surface area contributed by atoms with Gasteiger partial charge in [0.2, 0.25) is 0 Å². The SMILES string of the molecule is CC.CC1c2c(Cl)cccc2OCC1(F)F. The zero-order valence-electron chi connectivity index (χ0n) is 9.56. The van der Waals surface area contributed by atoms with E-state index in [0.29, 0.717) is 16.3 Å². The van der Waals surface area contributed by atoms with Crippen LogP contribution in [0, 0.1) is 0 Å². The molecule has 4 heteroatoms. The molecule has 0 aromatic heterocycles. The van der Waals surface area contributed by atoms with Crippen LogP contribution in [-0.4, -0.2) is 12.5 Å². The van der Waals surface area contributed by atoms with Gasteiger partial charge in [-0.1, -0.05) is 38.4 Å². The van der Waals surface area contributed by atoms with Gasteiger partial charge in [0.1, 0.15) is 5.75 Å². The zero-order chi connectivity index (χ0) is 12.3. The van der Waals surface area contributed by atoms with Crippen molar-refractivity contribution in [1.82, 2.24) is 0 Å². The Balaban J connectivity index is 0.000000606. The Morgan fingerprint density at radius 1 is 1.38 bits per heavy atom. The first-order chi connectivity index (χ1) is 7.52. The van der Waals surface area contributed by atoms with Crippen molar-refractivity contribution in [3.63, 3.8) is 0 Å². The number of hydrogen-bond acceptors (Lipinski definition) is 1. The maximum Gasteiger partial charge on any atom is 0.288 e. The molecule has 16 heavy (non-hydrogen) atoms. The van der Waals surface area contributed by atoms with E-state index in [4.69, 9.17) is 16.3 Å². The van der Waals surface area contributed by atoms with Crippen molar-refractivity contribution in [1.29, 1.82) is 0 Å². The van der Waals surface area contributed by atoms with Crippen molar-refractivity contribution >= 4 is 11.6 Å². The Morgan fingerprint density at radius 3 is 2.62 bits per heavy atom. The van der Waals surface area contributed by atoms with Gasteiger partial charge < -0.3 is 4.74 Å². The predicted molar refractivity (Wildman–Crippen MR) is 61.7 cm³/mol. The highest BCUT2D eigenvalue weighted by Gasteiger charge is 2.44. The molecule has 2 rings (SSSR count). The molecule has 1 atom stereocenters. The maximum absolute atomic E-state index is 13.3. The first kappa shape index (κ1) is 13.2. The van der Waals surface area contributed by atoms with E-state index in [-0.39, 0.29) is 0 Å². The summed E-state index contributed by atoms with van der Waals surface area (Å²) in [7, 11) is 0. The lowest BCUT2D eigenvalue weighted by Crippen LogP contribution is -2.36. The first-order valence-electron chi connectivity index (χ1n) is 5.31. The monoisotopic (exact) mass is 248 g/mol. The van der Waals surface area contributed by atoms with Gasteiger partial charge in [0.15, 0.2) is 6.61 Å². The minimum Gasteiger partial charge on any atom is -0.487 e. The minimum absolute atomic E-state index is 0.342. The maximum atomic E-state index is 13.3. The van der Waals surface area contributed by atoms with Crippen LogP contribution in [0.5, 0.6) is 5.75 Å². The molecule has 1 nitrogen and oxygen atoms in total. The molecule has 1 aromatic carbocycles. The molecule has 0 amide bonds. The van der Waals surface area contributed by atoms with E-state index in [2.05, 4.69) is 0 Å². The fourth-order valence-corrected chi connectivity index (χ4v) is 1.90. The molecule has 1 heterocycles. The summed E-state index contributed by atoms with van der Waals surface area (Å²) in [5, 5.41) is 0.342. The van der Waals surface area contributed by atoms with Crippen LogP contribution in [0.15, 0.2) is 18.2 Å². The predicted octanol–water partition coefficient (Wildman–Crippen LogP) is 4.50. The van der Waals surface area contributed by atoms with Crippen LogP contribution in [0.2, 0.25) is 5.02 Å². The summed E-state index contributed by atoms with van der Waals surface area (Å²) in [6.07, 6.45) is 0. The van der Waals surface area contributed by atoms with Crippen LogP contribution < -0.4 is 4.74 Å². The van der Waals surface area contributed by atoms with Gasteiger partial charge in [0.05, 0.1) is 5.92 Å². The summed E-state index contributed by atoms with van der Waals surface area (Å²) >= 11 is 5.85. The molecule has 0 bridgehead atoms. The van der Waals surface area contributed by atoms with Crippen molar-refractivity contribution in [2.45, 2.75) is 32.6 Å². The van der Waals surface area contributed by atoms with Crippen LogP contribution in [0.25, 0.3) is 0 Å². The van der Waals surface area contributed by atoms with E-state index in [1.807, 2.05) is 13.8 Å². The molecule has 1 aliphatic rings. The van der Waals surface area contributed by atoms with Gasteiger partial charge >= 0.3 is 0 Å². The van der Waals surface area contributed by atoms with E-state index >= 15 is 0 Å². The number of hydrogen-bond donors (Lipinski definition) is 0. The summed E-state index contributed by atoms with van der Waals surface area (Å²) in [6.45, 7) is 4.90. The lowest BCUT2D eigenvalue weighted by Gasteiger charge is -2.31. The Morgan fingerprint density at radius 2 is 2.00 bits per heavy atom. The van der Waals surface area contributed by atoms with Crippen molar-refractivity contribution in [3.05, 3.63) is 28.8 Å². The van der Waals surface area contributed by atoms with Crippen LogP contribution in [0.4, 0.5) is 8.78 Å². The van der Waals surface area contributed by atoms with Crippen LogP contribution in [0.1, 0.15) is 32.3 Å². The second-order valence-corrected chi connectivity index (χ2v) is 3.83. The molecule has 1 unspecified atom stereocenters. The molecule has 0 N–H and O–H groups in total. The van der Waals surface area contributed by atoms with Gasteiger partial charge in [0, 0.05) is 10.6 Å². The molecule has 0 radical (unpaired) electrons. The van der Waals surface area contributed by atoms with Gasteiger partial charge in [-0.05, 0) is 12.1 Å². The molecule has 0 fully saturated rings. The van der Waals surface area contributed by atoms with Crippen LogP contribution in [-0.2, 0) is 0 Å². The summed E-state index contributed by atoms with van der Waals surface area (Å²) in [6, 6.07) is 4.95. The Bertz CT molecular complexity index is 366. The largest absolute Gasteiger partial charge is 0.487 e. The standard InChI is InChI=1S/C10H9ClF2O.C2H6/c1-6-9-7(11)3-2-4-8(9)14-5-10(6,12)13;1-2/h2-4,6H,5H2,1H3;1-2H3. The fourth-order valence-electron chi connectivity index (χ4n) is 1.57. The van der Waals surface area contributed by atoms with E-state index in [0.717, 1.165) is 0 Å². The summed E-state index contributed by atoms with van der Waals surface area (Å²) in [4.78, 5) is 0. The highest BCUT2D eigenvalue weighted by atomic mass is 35.5. The van der Waals surface area contributed by atoms with Gasteiger partial charge in [-0.2, -0.15) is 0 Å². The summed E-state index contributed by atoms with van der Waals surface area (Å²) in [5.74, 6) is -3.26. The van der Waals surface area contributed by atoms with Gasteiger partial charge in [-0.25, -0.2) is 8.78 Å².